The predicted octanol–water partition coefficient (Wildman–Crippen LogP) is 1.10. The van der Waals surface area contributed by atoms with Gasteiger partial charge in [-0.25, -0.2) is 0 Å². The maximum Gasteiger partial charge on any atom is 0.222 e. The summed E-state index contributed by atoms with van der Waals surface area (Å²) in [7, 11) is 3.08. The molecule has 1 fully saturated rings. The van der Waals surface area contributed by atoms with Gasteiger partial charge in [0.25, 0.3) is 0 Å². The molecule has 0 aliphatic carbocycles. The van der Waals surface area contributed by atoms with E-state index >= 15 is 0 Å². The molecule has 5 heteroatoms. The van der Waals surface area contributed by atoms with E-state index in [0.29, 0.717) is 43.4 Å². The lowest BCUT2D eigenvalue weighted by atomic mass is 9.87. The van der Waals surface area contributed by atoms with Crippen molar-refractivity contribution in [3.05, 3.63) is 17.7 Å². The molecule has 2 rings (SSSR count). The molecule has 94 valence electrons. The second kappa shape index (κ2) is 4.89. The zero-order valence-corrected chi connectivity index (χ0v) is 10.1. The minimum Gasteiger partial charge on any atom is -0.481 e. The molecular formula is C12H17NO4. The van der Waals surface area contributed by atoms with Crippen LogP contribution < -0.4 is 9.47 Å². The van der Waals surface area contributed by atoms with Gasteiger partial charge in [-0.05, 0) is 6.07 Å². The predicted molar refractivity (Wildman–Crippen MR) is 61.3 cm³/mol. The van der Waals surface area contributed by atoms with Gasteiger partial charge in [-0.2, -0.15) is 4.98 Å². The summed E-state index contributed by atoms with van der Waals surface area (Å²) in [5.41, 5.74) is -0.216. The number of nitrogens with zero attached hydrogens (tertiary/aromatic N) is 1. The maximum atomic E-state index is 10.6. The molecular weight excluding hydrogens is 222 g/mol. The molecule has 17 heavy (non-hydrogen) atoms. The van der Waals surface area contributed by atoms with E-state index < -0.39 is 5.60 Å². The van der Waals surface area contributed by atoms with Crippen LogP contribution in [0, 0.1) is 0 Å². The highest BCUT2D eigenvalue weighted by atomic mass is 16.5. The molecule has 1 aliphatic heterocycles. The van der Waals surface area contributed by atoms with Crippen LogP contribution in [0.1, 0.15) is 18.4 Å². The third-order valence-electron chi connectivity index (χ3n) is 3.06. The van der Waals surface area contributed by atoms with Crippen molar-refractivity contribution in [2.24, 2.45) is 0 Å². The molecule has 1 aromatic rings. The van der Waals surface area contributed by atoms with Gasteiger partial charge in [-0.3, -0.25) is 0 Å². The van der Waals surface area contributed by atoms with Gasteiger partial charge in [0.2, 0.25) is 11.8 Å². The number of hydrogen-bond donors (Lipinski definition) is 1. The quantitative estimate of drug-likeness (QED) is 0.855. The van der Waals surface area contributed by atoms with E-state index in [-0.39, 0.29) is 0 Å². The third kappa shape index (κ3) is 2.35. The highest BCUT2D eigenvalue weighted by Crippen LogP contribution is 2.37. The topological polar surface area (TPSA) is 60.8 Å². The number of rotatable bonds is 3. The van der Waals surface area contributed by atoms with Gasteiger partial charge < -0.3 is 19.3 Å². The van der Waals surface area contributed by atoms with Gasteiger partial charge in [-0.15, -0.1) is 0 Å². The fourth-order valence-corrected chi connectivity index (χ4v) is 2.03. The minimum absolute atomic E-state index is 0.411. The lowest BCUT2D eigenvalue weighted by Crippen LogP contribution is -2.34. The van der Waals surface area contributed by atoms with Crippen molar-refractivity contribution in [2.45, 2.75) is 18.4 Å². The van der Waals surface area contributed by atoms with Crippen LogP contribution in [0.4, 0.5) is 0 Å². The van der Waals surface area contributed by atoms with Crippen molar-refractivity contribution < 1.29 is 19.3 Å². The lowest BCUT2D eigenvalue weighted by Gasteiger charge is -2.32. The Hall–Kier alpha value is -1.33. The fraction of sp³-hybridized carbons (Fsp3) is 0.583. The molecule has 5 nitrogen and oxygen atoms in total. The number of aliphatic hydroxyl groups is 1. The van der Waals surface area contributed by atoms with Crippen LogP contribution >= 0.6 is 0 Å². The normalized spacial score (nSPS) is 18.8. The monoisotopic (exact) mass is 239 g/mol. The van der Waals surface area contributed by atoms with E-state index in [4.69, 9.17) is 14.2 Å². The average Bonchev–Trinajstić information content (AvgIpc) is 2.38. The molecule has 0 bridgehead atoms. The number of pyridine rings is 1. The van der Waals surface area contributed by atoms with Gasteiger partial charge in [0.05, 0.1) is 19.8 Å². The standard InChI is InChI=1S/C12H17NO4/c1-15-10-4-3-9(11(13-10)16-2)12(14)5-7-17-8-6-12/h3-4,14H,5-8H2,1-2H3. The van der Waals surface area contributed by atoms with Crippen LogP contribution in [0.15, 0.2) is 12.1 Å². The SMILES string of the molecule is COc1ccc(C2(O)CCOCC2)c(OC)n1. The molecule has 0 spiro atoms. The van der Waals surface area contributed by atoms with Crippen LogP contribution in [0.3, 0.4) is 0 Å². The zero-order valence-electron chi connectivity index (χ0n) is 10.1. The van der Waals surface area contributed by atoms with E-state index in [1.165, 1.54) is 7.11 Å². The summed E-state index contributed by atoms with van der Waals surface area (Å²) in [6.07, 6.45) is 1.11. The number of ether oxygens (including phenoxy) is 3. The van der Waals surface area contributed by atoms with Crippen LogP contribution in [-0.2, 0) is 10.3 Å². The molecule has 0 aromatic carbocycles. The molecule has 0 atom stereocenters. The first-order valence-corrected chi connectivity index (χ1v) is 5.59. The highest BCUT2D eigenvalue weighted by Gasteiger charge is 2.35. The van der Waals surface area contributed by atoms with Crippen molar-refractivity contribution in [3.8, 4) is 11.8 Å². The van der Waals surface area contributed by atoms with E-state index in [0.717, 1.165) is 0 Å². The first kappa shape index (κ1) is 12.1. The van der Waals surface area contributed by atoms with Gasteiger partial charge in [0, 0.05) is 37.7 Å². The van der Waals surface area contributed by atoms with Crippen molar-refractivity contribution in [2.75, 3.05) is 27.4 Å². The summed E-state index contributed by atoms with van der Waals surface area (Å²) in [6, 6.07) is 3.53. The molecule has 0 amide bonds. The molecule has 1 N–H and O–H groups in total. The summed E-state index contributed by atoms with van der Waals surface area (Å²) in [4.78, 5) is 4.18. The molecule has 0 unspecified atom stereocenters. The second-order valence-electron chi connectivity index (χ2n) is 4.05. The van der Waals surface area contributed by atoms with E-state index in [9.17, 15) is 5.11 Å². The van der Waals surface area contributed by atoms with Gasteiger partial charge >= 0.3 is 0 Å². The molecule has 1 saturated heterocycles. The Labute approximate surface area is 100 Å². The Morgan fingerprint density at radius 2 is 1.94 bits per heavy atom. The smallest absolute Gasteiger partial charge is 0.222 e. The lowest BCUT2D eigenvalue weighted by molar-refractivity contribution is -0.0692. The third-order valence-corrected chi connectivity index (χ3v) is 3.06. The first-order chi connectivity index (χ1) is 8.19. The first-order valence-electron chi connectivity index (χ1n) is 5.59. The second-order valence-corrected chi connectivity index (χ2v) is 4.05. The molecule has 0 radical (unpaired) electrons. The Kier molecular flexibility index (Phi) is 3.49. The number of methoxy groups -OCH3 is 2. The summed E-state index contributed by atoms with van der Waals surface area (Å²) < 4.78 is 15.5. The zero-order chi connectivity index (χ0) is 12.3. The average molecular weight is 239 g/mol. The summed E-state index contributed by atoms with van der Waals surface area (Å²) in [5.74, 6) is 0.884. The van der Waals surface area contributed by atoms with Gasteiger partial charge in [0.1, 0.15) is 0 Å². The summed E-state index contributed by atoms with van der Waals surface area (Å²) in [5, 5.41) is 10.6. The Bertz CT molecular complexity index is 388. The Morgan fingerprint density at radius 1 is 1.24 bits per heavy atom. The number of aromatic nitrogens is 1. The number of hydrogen-bond acceptors (Lipinski definition) is 5. The Balaban J connectivity index is 2.36. The van der Waals surface area contributed by atoms with Gasteiger partial charge in [0.15, 0.2) is 0 Å². The van der Waals surface area contributed by atoms with Crippen molar-refractivity contribution in [1.82, 2.24) is 4.98 Å². The van der Waals surface area contributed by atoms with Crippen LogP contribution in [0.25, 0.3) is 0 Å². The van der Waals surface area contributed by atoms with E-state index in [1.54, 1.807) is 19.2 Å². The summed E-state index contributed by atoms with van der Waals surface area (Å²) >= 11 is 0. The van der Waals surface area contributed by atoms with Crippen molar-refractivity contribution in [1.29, 1.82) is 0 Å². The maximum absolute atomic E-state index is 10.6. The van der Waals surface area contributed by atoms with Crippen LogP contribution in [0.2, 0.25) is 0 Å². The van der Waals surface area contributed by atoms with E-state index in [1.807, 2.05) is 0 Å². The molecule has 0 saturated carbocycles. The minimum atomic E-state index is -0.914. The van der Waals surface area contributed by atoms with Crippen molar-refractivity contribution in [3.63, 3.8) is 0 Å². The highest BCUT2D eigenvalue weighted by molar-refractivity contribution is 5.35. The molecule has 1 aromatic heterocycles. The van der Waals surface area contributed by atoms with Crippen LogP contribution in [0.5, 0.6) is 11.8 Å². The van der Waals surface area contributed by atoms with Gasteiger partial charge in [-0.1, -0.05) is 0 Å². The van der Waals surface area contributed by atoms with Crippen molar-refractivity contribution >= 4 is 0 Å². The summed E-state index contributed by atoms with van der Waals surface area (Å²) in [6.45, 7) is 1.09. The van der Waals surface area contributed by atoms with E-state index in [2.05, 4.69) is 4.98 Å². The largest absolute Gasteiger partial charge is 0.481 e. The Morgan fingerprint density at radius 3 is 2.53 bits per heavy atom. The molecule has 1 aliphatic rings. The van der Waals surface area contributed by atoms with Crippen LogP contribution in [-0.4, -0.2) is 37.5 Å². The molecule has 2 heterocycles. The fourth-order valence-electron chi connectivity index (χ4n) is 2.03.